The monoisotopic (exact) mass is 306 g/mol. The van der Waals surface area contributed by atoms with Crippen molar-refractivity contribution in [2.24, 2.45) is 5.92 Å². The van der Waals surface area contributed by atoms with Gasteiger partial charge >= 0.3 is 0 Å². The normalized spacial score (nSPS) is 19.7. The van der Waals surface area contributed by atoms with E-state index in [1.807, 2.05) is 14.1 Å². The first-order valence-corrected chi connectivity index (χ1v) is 8.98. The van der Waals surface area contributed by atoms with Gasteiger partial charge in [0.05, 0.1) is 0 Å². The molecule has 1 aliphatic heterocycles. The molecule has 1 heterocycles. The summed E-state index contributed by atoms with van der Waals surface area (Å²) in [4.78, 5) is 2.12. The molecule has 0 aromatic rings. The van der Waals surface area contributed by atoms with E-state index < -0.39 is 10.2 Å². The number of nitrogens with one attached hydrogen (secondary N) is 2. The molecule has 0 radical (unpaired) electrons. The standard InChI is InChI=1S/C13H30N4O2S/c1-5-12(6-2)13(16(3)4)11-15-20(18,19)17-9-7-14-8-10-17/h12-15H,5-11H2,1-4H3. The maximum atomic E-state index is 12.3. The summed E-state index contributed by atoms with van der Waals surface area (Å²) >= 11 is 0. The van der Waals surface area contributed by atoms with E-state index >= 15 is 0 Å². The molecule has 0 amide bonds. The topological polar surface area (TPSA) is 64.7 Å². The van der Waals surface area contributed by atoms with Gasteiger partial charge in [-0.15, -0.1) is 0 Å². The van der Waals surface area contributed by atoms with Gasteiger partial charge in [-0.05, 0) is 20.0 Å². The fourth-order valence-corrected chi connectivity index (χ4v) is 4.00. The van der Waals surface area contributed by atoms with Gasteiger partial charge < -0.3 is 10.2 Å². The third-order valence-electron chi connectivity index (χ3n) is 4.15. The lowest BCUT2D eigenvalue weighted by Gasteiger charge is -2.33. The zero-order valence-corrected chi connectivity index (χ0v) is 14.0. The van der Waals surface area contributed by atoms with Crippen molar-refractivity contribution in [1.29, 1.82) is 0 Å². The molecule has 6 nitrogen and oxygen atoms in total. The second-order valence-electron chi connectivity index (χ2n) is 5.61. The van der Waals surface area contributed by atoms with Crippen LogP contribution in [-0.2, 0) is 10.2 Å². The summed E-state index contributed by atoms with van der Waals surface area (Å²) in [6, 6.07) is 0.239. The molecule has 20 heavy (non-hydrogen) atoms. The van der Waals surface area contributed by atoms with Gasteiger partial charge in [0.2, 0.25) is 0 Å². The molecule has 7 heteroatoms. The van der Waals surface area contributed by atoms with Crippen LogP contribution >= 0.6 is 0 Å². The Morgan fingerprint density at radius 3 is 2.20 bits per heavy atom. The largest absolute Gasteiger partial charge is 0.314 e. The van der Waals surface area contributed by atoms with Crippen molar-refractivity contribution < 1.29 is 8.42 Å². The summed E-state index contributed by atoms with van der Waals surface area (Å²) in [7, 11) is 0.687. The predicted molar refractivity (Wildman–Crippen MR) is 82.9 cm³/mol. The molecule has 0 aromatic heterocycles. The smallest absolute Gasteiger partial charge is 0.279 e. The summed E-state index contributed by atoms with van der Waals surface area (Å²) in [6.07, 6.45) is 2.13. The Balaban J connectivity index is 2.61. The summed E-state index contributed by atoms with van der Waals surface area (Å²) in [5.41, 5.74) is 0. The minimum absolute atomic E-state index is 0.239. The fraction of sp³-hybridized carbons (Fsp3) is 1.00. The Morgan fingerprint density at radius 1 is 1.20 bits per heavy atom. The Hall–Kier alpha value is -0.210. The minimum atomic E-state index is -3.35. The summed E-state index contributed by atoms with van der Waals surface area (Å²) in [5.74, 6) is 0.510. The number of hydrogen-bond donors (Lipinski definition) is 2. The molecule has 120 valence electrons. The molecule has 0 aliphatic carbocycles. The van der Waals surface area contributed by atoms with Gasteiger partial charge in [0.15, 0.2) is 0 Å². The average molecular weight is 306 g/mol. The lowest BCUT2D eigenvalue weighted by atomic mass is 9.93. The number of likely N-dealkylation sites (N-methyl/N-ethyl adjacent to an activating group) is 1. The van der Waals surface area contributed by atoms with Crippen LogP contribution in [0.1, 0.15) is 26.7 Å². The van der Waals surface area contributed by atoms with Gasteiger partial charge in [-0.3, -0.25) is 0 Å². The van der Waals surface area contributed by atoms with Crippen molar-refractivity contribution in [2.75, 3.05) is 46.8 Å². The summed E-state index contributed by atoms with van der Waals surface area (Å²) in [5, 5.41) is 3.16. The second-order valence-corrected chi connectivity index (χ2v) is 7.37. The fourth-order valence-electron chi connectivity index (χ4n) is 2.77. The van der Waals surface area contributed by atoms with Crippen LogP contribution in [0.2, 0.25) is 0 Å². The van der Waals surface area contributed by atoms with Crippen LogP contribution in [0.15, 0.2) is 0 Å². The highest BCUT2D eigenvalue weighted by Gasteiger charge is 2.27. The molecule has 1 fully saturated rings. The number of piperazine rings is 1. The van der Waals surface area contributed by atoms with E-state index in [0.717, 1.165) is 25.9 Å². The molecule has 0 aromatic carbocycles. The molecule has 1 unspecified atom stereocenters. The van der Waals surface area contributed by atoms with Crippen LogP contribution in [-0.4, -0.2) is 70.5 Å². The van der Waals surface area contributed by atoms with Gasteiger partial charge in [0, 0.05) is 38.8 Å². The lowest BCUT2D eigenvalue weighted by Crippen LogP contribution is -2.53. The maximum absolute atomic E-state index is 12.3. The van der Waals surface area contributed by atoms with Crippen LogP contribution in [0.3, 0.4) is 0 Å². The first-order chi connectivity index (χ1) is 9.42. The Kier molecular flexibility index (Phi) is 7.39. The van der Waals surface area contributed by atoms with Gasteiger partial charge in [-0.2, -0.15) is 12.7 Å². The van der Waals surface area contributed by atoms with Crippen molar-refractivity contribution in [1.82, 2.24) is 19.2 Å². The van der Waals surface area contributed by atoms with E-state index in [2.05, 4.69) is 28.8 Å². The van der Waals surface area contributed by atoms with E-state index in [-0.39, 0.29) is 6.04 Å². The first kappa shape index (κ1) is 17.8. The van der Waals surface area contributed by atoms with Crippen molar-refractivity contribution in [3.63, 3.8) is 0 Å². The molecular formula is C13H30N4O2S. The van der Waals surface area contributed by atoms with Gasteiger partial charge in [0.1, 0.15) is 0 Å². The number of nitrogens with zero attached hydrogens (tertiary/aromatic N) is 2. The molecule has 1 atom stereocenters. The number of hydrogen-bond acceptors (Lipinski definition) is 4. The molecule has 1 rings (SSSR count). The quantitative estimate of drug-likeness (QED) is 0.667. The van der Waals surface area contributed by atoms with Crippen LogP contribution in [0.25, 0.3) is 0 Å². The molecule has 1 aliphatic rings. The Bertz CT molecular complexity index is 363. The van der Waals surface area contributed by atoms with E-state index in [0.29, 0.717) is 25.6 Å². The SMILES string of the molecule is CCC(CC)C(CNS(=O)(=O)N1CCNCC1)N(C)C. The third kappa shape index (κ3) is 4.96. The Labute approximate surface area is 124 Å². The van der Waals surface area contributed by atoms with Crippen LogP contribution in [0.4, 0.5) is 0 Å². The first-order valence-electron chi connectivity index (χ1n) is 7.54. The highest BCUT2D eigenvalue weighted by atomic mass is 32.2. The minimum Gasteiger partial charge on any atom is -0.314 e. The van der Waals surface area contributed by atoms with E-state index in [1.54, 1.807) is 0 Å². The van der Waals surface area contributed by atoms with Crippen molar-refractivity contribution in [3.8, 4) is 0 Å². The molecule has 0 saturated carbocycles. The summed E-state index contributed by atoms with van der Waals surface area (Å²) in [6.45, 7) is 7.35. The molecule has 1 saturated heterocycles. The molecule has 0 spiro atoms. The van der Waals surface area contributed by atoms with E-state index in [1.165, 1.54) is 4.31 Å². The lowest BCUT2D eigenvalue weighted by molar-refractivity contribution is 0.200. The second kappa shape index (κ2) is 8.29. The van der Waals surface area contributed by atoms with Crippen LogP contribution in [0, 0.1) is 5.92 Å². The third-order valence-corrected chi connectivity index (χ3v) is 5.72. The van der Waals surface area contributed by atoms with Gasteiger partial charge in [-0.25, -0.2) is 4.72 Å². The van der Waals surface area contributed by atoms with Crippen molar-refractivity contribution in [3.05, 3.63) is 0 Å². The highest BCUT2D eigenvalue weighted by Crippen LogP contribution is 2.16. The predicted octanol–water partition coefficient (Wildman–Crippen LogP) is 0.0924. The molecular weight excluding hydrogens is 276 g/mol. The molecule has 2 N–H and O–H groups in total. The van der Waals surface area contributed by atoms with Crippen molar-refractivity contribution in [2.45, 2.75) is 32.7 Å². The van der Waals surface area contributed by atoms with Gasteiger partial charge in [0.25, 0.3) is 10.2 Å². The highest BCUT2D eigenvalue weighted by molar-refractivity contribution is 7.87. The average Bonchev–Trinajstić information content (AvgIpc) is 2.44. The van der Waals surface area contributed by atoms with Crippen LogP contribution < -0.4 is 10.0 Å². The zero-order valence-electron chi connectivity index (χ0n) is 13.2. The van der Waals surface area contributed by atoms with Crippen molar-refractivity contribution >= 4 is 10.2 Å². The van der Waals surface area contributed by atoms with E-state index in [9.17, 15) is 8.42 Å². The summed E-state index contributed by atoms with van der Waals surface area (Å²) < 4.78 is 28.9. The van der Waals surface area contributed by atoms with Gasteiger partial charge in [-0.1, -0.05) is 26.7 Å². The number of rotatable bonds is 8. The maximum Gasteiger partial charge on any atom is 0.279 e. The Morgan fingerprint density at radius 2 is 1.75 bits per heavy atom. The van der Waals surface area contributed by atoms with Crippen LogP contribution in [0.5, 0.6) is 0 Å². The zero-order chi connectivity index (χ0) is 15.2. The molecule has 0 bridgehead atoms. The van der Waals surface area contributed by atoms with E-state index in [4.69, 9.17) is 0 Å².